The Morgan fingerprint density at radius 3 is 2.09 bits per heavy atom. The highest BCUT2D eigenvalue weighted by atomic mass is 35.5. The molecule has 0 bridgehead atoms. The number of benzene rings is 2. The summed E-state index contributed by atoms with van der Waals surface area (Å²) in [5.74, 6) is -0.164. The maximum atomic E-state index is 13.0. The predicted molar refractivity (Wildman–Crippen MR) is 138 cm³/mol. The number of hydrogen-bond donors (Lipinski definition) is 1. The van der Waals surface area contributed by atoms with E-state index < -0.39 is 9.84 Å². The zero-order valence-electron chi connectivity index (χ0n) is 19.7. The Kier molecular flexibility index (Phi) is 11.4. The summed E-state index contributed by atoms with van der Waals surface area (Å²) < 4.78 is 26.1. The zero-order chi connectivity index (χ0) is 23.4. The summed E-state index contributed by atoms with van der Waals surface area (Å²) in [4.78, 5) is 2.28. The lowest BCUT2D eigenvalue weighted by molar-refractivity contribution is 0.556. The largest absolute Gasteiger partial charge is 0.398 e. The van der Waals surface area contributed by atoms with Crippen LogP contribution < -0.4 is 10.6 Å². The number of nitrogen functional groups attached to an aromatic ring is 1. The first-order valence-electron chi connectivity index (χ1n) is 11.9. The minimum atomic E-state index is -3.60. The molecule has 2 rings (SSSR count). The SMILES string of the molecule is CCCCCCCCCCCCN(C)c1ccc(N)c(S(=O)(=O)Cc2ccccc2Cl)c1. The predicted octanol–water partition coefficient (Wildman–Crippen LogP) is 7.25. The van der Waals surface area contributed by atoms with Crippen molar-refractivity contribution < 1.29 is 8.42 Å². The molecule has 0 spiro atoms. The smallest absolute Gasteiger partial charge is 0.184 e. The summed E-state index contributed by atoms with van der Waals surface area (Å²) >= 11 is 6.17. The Morgan fingerprint density at radius 1 is 0.875 bits per heavy atom. The highest BCUT2D eigenvalue weighted by molar-refractivity contribution is 7.90. The van der Waals surface area contributed by atoms with Crippen LogP contribution in [0.1, 0.15) is 76.7 Å². The molecule has 4 nitrogen and oxygen atoms in total. The molecule has 0 fully saturated rings. The van der Waals surface area contributed by atoms with Crippen LogP contribution in [0.25, 0.3) is 0 Å². The number of rotatable bonds is 15. The van der Waals surface area contributed by atoms with Crippen molar-refractivity contribution >= 4 is 32.8 Å². The van der Waals surface area contributed by atoms with E-state index in [4.69, 9.17) is 17.3 Å². The van der Waals surface area contributed by atoms with Crippen LogP contribution in [-0.2, 0) is 15.6 Å². The second kappa shape index (κ2) is 13.7. The molecule has 2 aromatic carbocycles. The molecule has 2 N–H and O–H groups in total. The van der Waals surface area contributed by atoms with Gasteiger partial charge in [0.15, 0.2) is 9.84 Å². The Morgan fingerprint density at radius 2 is 1.47 bits per heavy atom. The van der Waals surface area contributed by atoms with Gasteiger partial charge in [-0.2, -0.15) is 0 Å². The number of anilines is 2. The number of unbranched alkanes of at least 4 members (excludes halogenated alkanes) is 9. The molecule has 0 atom stereocenters. The van der Waals surface area contributed by atoms with Gasteiger partial charge in [0.1, 0.15) is 0 Å². The van der Waals surface area contributed by atoms with E-state index in [0.29, 0.717) is 10.6 Å². The van der Waals surface area contributed by atoms with E-state index in [0.717, 1.165) is 18.7 Å². The second-order valence-corrected chi connectivity index (χ2v) is 11.0. The number of nitrogens with zero attached hydrogens (tertiary/aromatic N) is 1. The third-order valence-corrected chi connectivity index (χ3v) is 8.01. The van der Waals surface area contributed by atoms with Crippen LogP contribution in [0.3, 0.4) is 0 Å². The van der Waals surface area contributed by atoms with Gasteiger partial charge >= 0.3 is 0 Å². The Balaban J connectivity index is 1.85. The molecule has 0 aliphatic carbocycles. The fraction of sp³-hybridized carbons (Fsp3) is 0.538. The van der Waals surface area contributed by atoms with Crippen molar-refractivity contribution in [3.63, 3.8) is 0 Å². The Labute approximate surface area is 200 Å². The van der Waals surface area contributed by atoms with Crippen LogP contribution in [0.2, 0.25) is 5.02 Å². The molecular formula is C26H39ClN2O2S. The Bertz CT molecular complexity index is 931. The first-order chi connectivity index (χ1) is 15.3. The zero-order valence-corrected chi connectivity index (χ0v) is 21.2. The molecule has 0 unspecified atom stereocenters. The molecule has 0 heterocycles. The van der Waals surface area contributed by atoms with E-state index in [9.17, 15) is 8.42 Å². The molecule has 0 aromatic heterocycles. The molecule has 0 aliphatic rings. The highest BCUT2D eigenvalue weighted by Gasteiger charge is 2.21. The highest BCUT2D eigenvalue weighted by Crippen LogP contribution is 2.29. The molecule has 6 heteroatoms. The third kappa shape index (κ3) is 8.67. The number of hydrogen-bond acceptors (Lipinski definition) is 4. The van der Waals surface area contributed by atoms with Gasteiger partial charge in [-0.3, -0.25) is 0 Å². The van der Waals surface area contributed by atoms with Crippen LogP contribution in [0.4, 0.5) is 11.4 Å². The van der Waals surface area contributed by atoms with E-state index in [2.05, 4.69) is 11.8 Å². The Hall–Kier alpha value is -1.72. The second-order valence-electron chi connectivity index (χ2n) is 8.68. The summed E-state index contributed by atoms with van der Waals surface area (Å²) in [6.45, 7) is 3.15. The van der Waals surface area contributed by atoms with Crippen molar-refractivity contribution in [1.82, 2.24) is 0 Å². The van der Waals surface area contributed by atoms with Crippen LogP contribution >= 0.6 is 11.6 Å². The van der Waals surface area contributed by atoms with E-state index in [-0.39, 0.29) is 16.3 Å². The van der Waals surface area contributed by atoms with Gasteiger partial charge < -0.3 is 10.6 Å². The fourth-order valence-corrected chi connectivity index (χ4v) is 5.72. The van der Waals surface area contributed by atoms with Gasteiger partial charge in [0, 0.05) is 24.3 Å². The fourth-order valence-electron chi connectivity index (χ4n) is 3.89. The first kappa shape index (κ1) is 26.5. The molecule has 2 aromatic rings. The monoisotopic (exact) mass is 478 g/mol. The maximum Gasteiger partial charge on any atom is 0.184 e. The number of sulfone groups is 1. The van der Waals surface area contributed by atoms with Crippen LogP contribution in [0, 0.1) is 0 Å². The van der Waals surface area contributed by atoms with E-state index in [1.165, 1.54) is 57.8 Å². The summed E-state index contributed by atoms with van der Waals surface area (Å²) in [7, 11) is -1.60. The molecule has 0 aliphatic heterocycles. The van der Waals surface area contributed by atoms with E-state index >= 15 is 0 Å². The van der Waals surface area contributed by atoms with Gasteiger partial charge in [-0.05, 0) is 36.2 Å². The lowest BCUT2D eigenvalue weighted by atomic mass is 10.1. The quantitative estimate of drug-likeness (QED) is 0.216. The third-order valence-electron chi connectivity index (χ3n) is 5.92. The van der Waals surface area contributed by atoms with Gasteiger partial charge in [0.05, 0.1) is 16.3 Å². The van der Waals surface area contributed by atoms with Crippen molar-refractivity contribution in [2.75, 3.05) is 24.2 Å². The summed E-state index contributed by atoms with van der Waals surface area (Å²) in [6, 6.07) is 12.3. The van der Waals surface area contributed by atoms with Gasteiger partial charge in [0.2, 0.25) is 0 Å². The lowest BCUT2D eigenvalue weighted by Crippen LogP contribution is -2.19. The van der Waals surface area contributed by atoms with E-state index in [1.54, 1.807) is 36.4 Å². The van der Waals surface area contributed by atoms with Gasteiger partial charge in [-0.15, -0.1) is 0 Å². The maximum absolute atomic E-state index is 13.0. The molecule has 32 heavy (non-hydrogen) atoms. The van der Waals surface area contributed by atoms with Crippen molar-refractivity contribution in [2.24, 2.45) is 0 Å². The molecule has 0 radical (unpaired) electrons. The van der Waals surface area contributed by atoms with Crippen LogP contribution in [0.5, 0.6) is 0 Å². The summed E-state index contributed by atoms with van der Waals surface area (Å²) in [5, 5.41) is 0.448. The first-order valence-corrected chi connectivity index (χ1v) is 13.9. The van der Waals surface area contributed by atoms with Crippen molar-refractivity contribution in [1.29, 1.82) is 0 Å². The summed E-state index contributed by atoms with van der Waals surface area (Å²) in [6.07, 6.45) is 13.0. The summed E-state index contributed by atoms with van der Waals surface area (Å²) in [5.41, 5.74) is 7.76. The molecule has 0 amide bonds. The van der Waals surface area contributed by atoms with Crippen LogP contribution in [-0.4, -0.2) is 22.0 Å². The van der Waals surface area contributed by atoms with Crippen molar-refractivity contribution in [3.8, 4) is 0 Å². The average Bonchev–Trinajstić information content (AvgIpc) is 2.76. The van der Waals surface area contributed by atoms with Crippen molar-refractivity contribution in [2.45, 2.75) is 81.8 Å². The van der Waals surface area contributed by atoms with E-state index in [1.807, 2.05) is 13.1 Å². The molecular weight excluding hydrogens is 440 g/mol. The molecule has 0 saturated carbocycles. The standard InChI is InChI=1S/C26H39ClN2O2S/c1-3-4-5-6-7-8-9-10-11-14-19-29(2)23-17-18-25(28)26(20-23)32(30,31)21-22-15-12-13-16-24(22)27/h12-13,15-18,20H,3-11,14,19,21,28H2,1-2H3. The molecule has 0 saturated heterocycles. The lowest BCUT2D eigenvalue weighted by Gasteiger charge is -2.21. The van der Waals surface area contributed by atoms with Crippen molar-refractivity contribution in [3.05, 3.63) is 53.1 Å². The average molecular weight is 479 g/mol. The number of nitrogens with two attached hydrogens (primary N) is 1. The number of halogens is 1. The minimum Gasteiger partial charge on any atom is -0.398 e. The van der Waals surface area contributed by atoms with Gasteiger partial charge in [-0.1, -0.05) is 94.5 Å². The normalized spacial score (nSPS) is 11.6. The van der Waals surface area contributed by atoms with Gasteiger partial charge in [-0.25, -0.2) is 8.42 Å². The molecule has 178 valence electrons. The minimum absolute atomic E-state index is 0.164. The topological polar surface area (TPSA) is 63.4 Å². The van der Waals surface area contributed by atoms with Crippen LogP contribution in [0.15, 0.2) is 47.4 Å². The van der Waals surface area contributed by atoms with Gasteiger partial charge in [0.25, 0.3) is 0 Å².